The van der Waals surface area contributed by atoms with Crippen LogP contribution in [0.4, 0.5) is 0 Å². The molecule has 1 atom stereocenters. The summed E-state index contributed by atoms with van der Waals surface area (Å²) in [6.07, 6.45) is 2.56. The summed E-state index contributed by atoms with van der Waals surface area (Å²) >= 11 is 0. The lowest BCUT2D eigenvalue weighted by atomic mass is 9.94. The Morgan fingerprint density at radius 2 is 1.83 bits per heavy atom. The first-order chi connectivity index (χ1) is 10.9. The quantitative estimate of drug-likeness (QED) is 0.794. The van der Waals surface area contributed by atoms with Crippen molar-refractivity contribution in [1.29, 1.82) is 0 Å². The molecule has 2 N–H and O–H groups in total. The minimum atomic E-state index is -0.198. The average molecular weight is 312 g/mol. The van der Waals surface area contributed by atoms with Crippen LogP contribution < -0.4 is 5.32 Å². The molecule has 0 aliphatic rings. The van der Waals surface area contributed by atoms with E-state index in [4.69, 9.17) is 0 Å². The molecule has 1 unspecified atom stereocenters. The number of nitrogens with one attached hydrogen (secondary N) is 2. The van der Waals surface area contributed by atoms with E-state index in [0.717, 1.165) is 12.0 Å². The highest BCUT2D eigenvalue weighted by molar-refractivity contribution is 5.99. The summed E-state index contributed by atoms with van der Waals surface area (Å²) in [4.78, 5) is 26.6. The number of ketones is 1. The monoisotopic (exact) mass is 312 g/mol. The fourth-order valence-corrected chi connectivity index (χ4v) is 2.54. The highest BCUT2D eigenvalue weighted by Gasteiger charge is 2.20. The lowest BCUT2D eigenvalue weighted by molar-refractivity contribution is 0.0921. The molecule has 4 nitrogen and oxygen atoms in total. The molecule has 23 heavy (non-hydrogen) atoms. The Kier molecular flexibility index (Phi) is 5.37. The van der Waals surface area contributed by atoms with E-state index >= 15 is 0 Å². The summed E-state index contributed by atoms with van der Waals surface area (Å²) in [7, 11) is 0. The molecule has 0 bridgehead atoms. The van der Waals surface area contributed by atoms with Gasteiger partial charge in [-0.15, -0.1) is 0 Å². The number of amides is 1. The molecule has 2 rings (SSSR count). The fourth-order valence-electron chi connectivity index (χ4n) is 2.54. The van der Waals surface area contributed by atoms with E-state index in [1.807, 2.05) is 0 Å². The number of hydrogen-bond donors (Lipinski definition) is 2. The Bertz CT molecular complexity index is 684. The van der Waals surface area contributed by atoms with Gasteiger partial charge >= 0.3 is 0 Å². The molecule has 1 aromatic heterocycles. The molecule has 0 aliphatic heterocycles. The van der Waals surface area contributed by atoms with Crippen LogP contribution in [-0.2, 0) is 6.42 Å². The molecule has 1 aromatic carbocycles. The topological polar surface area (TPSA) is 62.0 Å². The van der Waals surface area contributed by atoms with E-state index in [-0.39, 0.29) is 23.7 Å². The molecule has 0 radical (unpaired) electrons. The molecule has 0 saturated heterocycles. The molecule has 1 heterocycles. The van der Waals surface area contributed by atoms with Crippen molar-refractivity contribution in [3.63, 3.8) is 0 Å². The van der Waals surface area contributed by atoms with Crippen LogP contribution in [0.5, 0.6) is 0 Å². The van der Waals surface area contributed by atoms with Crippen molar-refractivity contribution in [2.75, 3.05) is 0 Å². The number of aromatic amines is 1. The van der Waals surface area contributed by atoms with E-state index in [0.29, 0.717) is 11.3 Å². The number of hydrogen-bond acceptors (Lipinski definition) is 2. The third kappa shape index (κ3) is 4.09. The zero-order valence-electron chi connectivity index (χ0n) is 14.1. The normalized spacial score (nSPS) is 12.2. The van der Waals surface area contributed by atoms with Crippen molar-refractivity contribution in [3.8, 4) is 0 Å². The molecule has 2 aromatic rings. The largest absolute Gasteiger partial charge is 0.356 e. The second-order valence-corrected chi connectivity index (χ2v) is 6.15. The van der Waals surface area contributed by atoms with Gasteiger partial charge in [-0.2, -0.15) is 0 Å². The Balaban J connectivity index is 2.17. The smallest absolute Gasteiger partial charge is 0.268 e. The van der Waals surface area contributed by atoms with E-state index in [1.54, 1.807) is 12.3 Å². The van der Waals surface area contributed by atoms with Crippen LogP contribution in [0.25, 0.3) is 0 Å². The lowest BCUT2D eigenvalue weighted by Crippen LogP contribution is -2.32. The summed E-state index contributed by atoms with van der Waals surface area (Å²) in [5, 5.41) is 3.06. The van der Waals surface area contributed by atoms with Gasteiger partial charge in [0.25, 0.3) is 5.91 Å². The van der Waals surface area contributed by atoms with Crippen LogP contribution in [0.15, 0.2) is 36.5 Å². The molecule has 122 valence electrons. The second kappa shape index (κ2) is 7.27. The standard InChI is InChI=1S/C19H24N2O2/c1-5-14-6-8-15(9-7-14)18(12(2)3)21-19(23)17-10-16(11-20-17)13(4)22/h6-12,18,20H,5H2,1-4H3,(H,21,23). The number of benzene rings is 1. The Morgan fingerprint density at radius 1 is 1.17 bits per heavy atom. The molecule has 0 saturated carbocycles. The SMILES string of the molecule is CCc1ccc(C(NC(=O)c2cc(C(C)=O)c[nH]2)C(C)C)cc1. The third-order valence-corrected chi connectivity index (χ3v) is 4.03. The molecular formula is C19H24N2O2. The number of H-pyrrole nitrogens is 1. The van der Waals surface area contributed by atoms with Gasteiger partial charge < -0.3 is 10.3 Å². The maximum atomic E-state index is 12.4. The lowest BCUT2D eigenvalue weighted by Gasteiger charge is -2.23. The summed E-state index contributed by atoms with van der Waals surface area (Å²) in [5.74, 6) is 0.000276. The number of rotatable bonds is 6. The first kappa shape index (κ1) is 17.0. The first-order valence-electron chi connectivity index (χ1n) is 8.01. The highest BCUT2D eigenvalue weighted by Crippen LogP contribution is 2.23. The van der Waals surface area contributed by atoms with Gasteiger partial charge in [-0.05, 0) is 36.5 Å². The van der Waals surface area contributed by atoms with E-state index in [2.05, 4.69) is 55.3 Å². The number of aryl methyl sites for hydroxylation is 1. The Morgan fingerprint density at radius 3 is 2.30 bits per heavy atom. The third-order valence-electron chi connectivity index (χ3n) is 4.03. The maximum Gasteiger partial charge on any atom is 0.268 e. The number of carbonyl (C=O) groups excluding carboxylic acids is 2. The summed E-state index contributed by atoms with van der Waals surface area (Å²) in [6.45, 7) is 7.76. The van der Waals surface area contributed by atoms with Crippen LogP contribution in [0.2, 0.25) is 0 Å². The number of Topliss-reactive ketones (excluding diaryl/α,β-unsaturated/α-hetero) is 1. The van der Waals surface area contributed by atoms with Crippen molar-refractivity contribution < 1.29 is 9.59 Å². The predicted octanol–water partition coefficient (Wildman–Crippen LogP) is 3.91. The molecule has 4 heteroatoms. The van der Waals surface area contributed by atoms with Gasteiger partial charge in [-0.3, -0.25) is 9.59 Å². The molecule has 0 spiro atoms. The van der Waals surface area contributed by atoms with Crippen LogP contribution in [0.1, 0.15) is 65.7 Å². The number of carbonyl (C=O) groups is 2. The van der Waals surface area contributed by atoms with Gasteiger partial charge in [0.2, 0.25) is 0 Å². The summed E-state index contributed by atoms with van der Waals surface area (Å²) in [6, 6.07) is 9.85. The van der Waals surface area contributed by atoms with Gasteiger partial charge in [-0.25, -0.2) is 0 Å². The van der Waals surface area contributed by atoms with Gasteiger partial charge in [0, 0.05) is 11.8 Å². The Labute approximate surface area is 137 Å². The maximum absolute atomic E-state index is 12.4. The van der Waals surface area contributed by atoms with Crippen molar-refractivity contribution in [2.24, 2.45) is 5.92 Å². The van der Waals surface area contributed by atoms with Crippen LogP contribution in [0, 0.1) is 5.92 Å². The van der Waals surface area contributed by atoms with Crippen molar-refractivity contribution >= 4 is 11.7 Å². The molecule has 0 aliphatic carbocycles. The minimum absolute atomic E-state index is 0.0594. The van der Waals surface area contributed by atoms with Crippen molar-refractivity contribution in [2.45, 2.75) is 40.2 Å². The molecule has 0 fully saturated rings. The zero-order chi connectivity index (χ0) is 17.0. The van der Waals surface area contributed by atoms with Crippen molar-refractivity contribution in [1.82, 2.24) is 10.3 Å². The van der Waals surface area contributed by atoms with E-state index < -0.39 is 0 Å². The first-order valence-corrected chi connectivity index (χ1v) is 8.01. The van der Waals surface area contributed by atoms with Crippen molar-refractivity contribution in [3.05, 3.63) is 58.9 Å². The molecular weight excluding hydrogens is 288 g/mol. The van der Waals surface area contributed by atoms with Crippen LogP contribution >= 0.6 is 0 Å². The van der Waals surface area contributed by atoms with E-state index in [1.165, 1.54) is 12.5 Å². The predicted molar refractivity (Wildman–Crippen MR) is 91.7 cm³/mol. The average Bonchev–Trinajstić information content (AvgIpc) is 3.02. The molecule has 1 amide bonds. The van der Waals surface area contributed by atoms with Gasteiger partial charge in [-0.1, -0.05) is 45.0 Å². The number of aromatic nitrogens is 1. The zero-order valence-corrected chi connectivity index (χ0v) is 14.1. The highest BCUT2D eigenvalue weighted by atomic mass is 16.2. The summed E-state index contributed by atoms with van der Waals surface area (Å²) in [5.41, 5.74) is 3.29. The van der Waals surface area contributed by atoms with Crippen LogP contribution in [-0.4, -0.2) is 16.7 Å². The Hall–Kier alpha value is -2.36. The summed E-state index contributed by atoms with van der Waals surface area (Å²) < 4.78 is 0. The van der Waals surface area contributed by atoms with Crippen LogP contribution in [0.3, 0.4) is 0 Å². The van der Waals surface area contributed by atoms with Gasteiger partial charge in [0.15, 0.2) is 5.78 Å². The van der Waals surface area contributed by atoms with E-state index in [9.17, 15) is 9.59 Å². The minimum Gasteiger partial charge on any atom is -0.356 e. The fraction of sp³-hybridized carbons (Fsp3) is 0.368. The second-order valence-electron chi connectivity index (χ2n) is 6.15. The van der Waals surface area contributed by atoms with Gasteiger partial charge in [0.05, 0.1) is 6.04 Å². The van der Waals surface area contributed by atoms with Gasteiger partial charge in [0.1, 0.15) is 5.69 Å².